The second-order valence-corrected chi connectivity index (χ2v) is 9.11. The van der Waals surface area contributed by atoms with Crippen LogP contribution in [0.2, 0.25) is 0 Å². The zero-order chi connectivity index (χ0) is 17.8. The predicted octanol–water partition coefficient (Wildman–Crippen LogP) is 5.52. The highest BCUT2D eigenvalue weighted by atomic mass is 16.6. The first-order chi connectivity index (χ1) is 12.0. The van der Waals surface area contributed by atoms with Crippen LogP contribution < -0.4 is 5.43 Å². The maximum atomic E-state index is 12.3. The third kappa shape index (κ3) is 4.98. The highest BCUT2D eigenvalue weighted by Crippen LogP contribution is 2.39. The molecule has 0 aromatic carbocycles. The Hall–Kier alpha value is -1.06. The van der Waals surface area contributed by atoms with Gasteiger partial charge in [-0.15, -0.1) is 0 Å². The van der Waals surface area contributed by atoms with E-state index in [1.54, 1.807) is 0 Å². The number of nitrogens with zero attached hydrogens (tertiary/aromatic N) is 1. The lowest BCUT2D eigenvalue weighted by molar-refractivity contribution is 0.00629. The summed E-state index contributed by atoms with van der Waals surface area (Å²) in [4.78, 5) is 12.3. The maximum absolute atomic E-state index is 12.3. The molecule has 25 heavy (non-hydrogen) atoms. The van der Waals surface area contributed by atoms with Gasteiger partial charge in [-0.25, -0.2) is 10.2 Å². The van der Waals surface area contributed by atoms with Gasteiger partial charge in [0.2, 0.25) is 0 Å². The molecule has 5 atom stereocenters. The Morgan fingerprint density at radius 2 is 1.88 bits per heavy atom. The van der Waals surface area contributed by atoms with Crippen molar-refractivity contribution < 1.29 is 9.53 Å². The lowest BCUT2D eigenvalue weighted by Gasteiger charge is -2.36. The van der Waals surface area contributed by atoms with Gasteiger partial charge >= 0.3 is 6.09 Å². The van der Waals surface area contributed by atoms with Gasteiger partial charge in [0.25, 0.3) is 0 Å². The normalized spacial score (nSPS) is 37.6. The molecule has 0 unspecified atom stereocenters. The molecule has 1 amide bonds. The van der Waals surface area contributed by atoms with Crippen LogP contribution in [0, 0.1) is 29.6 Å². The molecule has 4 nitrogen and oxygen atoms in total. The third-order valence-corrected chi connectivity index (χ3v) is 6.89. The molecule has 0 aromatic rings. The molecule has 0 radical (unpaired) electrons. The lowest BCUT2D eigenvalue weighted by Crippen LogP contribution is -2.38. The van der Waals surface area contributed by atoms with Crippen LogP contribution in [0.5, 0.6) is 0 Å². The van der Waals surface area contributed by atoms with Crippen LogP contribution in [-0.2, 0) is 4.74 Å². The van der Waals surface area contributed by atoms with E-state index in [4.69, 9.17) is 4.74 Å². The number of ether oxygens (including phenoxy) is 1. The predicted molar refractivity (Wildman–Crippen MR) is 101 cm³/mol. The molecule has 0 aromatic heterocycles. The van der Waals surface area contributed by atoms with Gasteiger partial charge in [-0.3, -0.25) is 0 Å². The van der Waals surface area contributed by atoms with Crippen molar-refractivity contribution in [3.05, 3.63) is 0 Å². The fourth-order valence-corrected chi connectivity index (χ4v) is 5.33. The molecule has 3 aliphatic rings. The summed E-state index contributed by atoms with van der Waals surface area (Å²) in [5.74, 6) is 3.37. The average molecular weight is 349 g/mol. The van der Waals surface area contributed by atoms with Crippen LogP contribution in [0.4, 0.5) is 4.79 Å². The largest absolute Gasteiger partial charge is 0.445 e. The van der Waals surface area contributed by atoms with Crippen LogP contribution in [0.25, 0.3) is 0 Å². The summed E-state index contributed by atoms with van der Waals surface area (Å²) in [5, 5.41) is 4.42. The molecule has 0 aliphatic heterocycles. The van der Waals surface area contributed by atoms with Crippen molar-refractivity contribution in [2.45, 2.75) is 91.1 Å². The Morgan fingerprint density at radius 3 is 2.64 bits per heavy atom. The van der Waals surface area contributed by atoms with Gasteiger partial charge in [-0.2, -0.15) is 5.10 Å². The van der Waals surface area contributed by atoms with E-state index in [2.05, 4.69) is 31.3 Å². The Bertz CT molecular complexity index is 488. The zero-order valence-electron chi connectivity index (χ0n) is 16.3. The molecule has 4 heteroatoms. The number of amides is 1. The van der Waals surface area contributed by atoms with E-state index in [0.717, 1.165) is 43.2 Å². The highest BCUT2D eigenvalue weighted by molar-refractivity contribution is 5.86. The summed E-state index contributed by atoms with van der Waals surface area (Å²) in [6, 6.07) is 0. The van der Waals surface area contributed by atoms with Crippen molar-refractivity contribution in [1.82, 2.24) is 5.43 Å². The number of hydrogen-bond acceptors (Lipinski definition) is 3. The SMILES string of the molecule is CC(C)[C@H]1CC[C@@H](C)C[C@H]1OC(=O)N/N=C1/CC[C@@H]2CCCC[C@@H]2C1. The van der Waals surface area contributed by atoms with Crippen molar-refractivity contribution in [2.24, 2.45) is 34.7 Å². The second kappa shape index (κ2) is 8.55. The molecule has 3 aliphatic carbocycles. The Balaban J connectivity index is 1.50. The standard InChI is InChI=1S/C21H36N2O2/c1-14(2)19-11-8-15(3)12-20(19)25-21(24)23-22-18-10-9-16-6-4-5-7-17(16)13-18/h14-17,19-20H,4-13H2,1-3H3,(H,23,24)/b22-18-/t15-,16+,17-,19-,20-/m1/s1. The first kappa shape index (κ1) is 18.7. The van der Waals surface area contributed by atoms with Crippen molar-refractivity contribution in [2.75, 3.05) is 0 Å². The summed E-state index contributed by atoms with van der Waals surface area (Å²) in [6.45, 7) is 6.73. The topological polar surface area (TPSA) is 50.7 Å². The van der Waals surface area contributed by atoms with Crippen molar-refractivity contribution in [3.8, 4) is 0 Å². The smallest absolute Gasteiger partial charge is 0.428 e. The van der Waals surface area contributed by atoms with E-state index in [1.165, 1.54) is 38.5 Å². The zero-order valence-corrected chi connectivity index (χ0v) is 16.3. The molecule has 1 N–H and O–H groups in total. The average Bonchev–Trinajstić information content (AvgIpc) is 2.59. The Labute approximate surface area is 153 Å². The number of hydrogen-bond donors (Lipinski definition) is 1. The number of fused-ring (bicyclic) bond motifs is 1. The van der Waals surface area contributed by atoms with Crippen molar-refractivity contribution >= 4 is 11.8 Å². The summed E-state index contributed by atoms with van der Waals surface area (Å²) >= 11 is 0. The van der Waals surface area contributed by atoms with Gasteiger partial charge in [0.05, 0.1) is 0 Å². The number of nitrogens with one attached hydrogen (secondary N) is 1. The third-order valence-electron chi connectivity index (χ3n) is 6.89. The van der Waals surface area contributed by atoms with Gasteiger partial charge in [0, 0.05) is 5.71 Å². The molecule has 0 heterocycles. The van der Waals surface area contributed by atoms with Crippen LogP contribution in [0.15, 0.2) is 5.10 Å². The maximum Gasteiger partial charge on any atom is 0.428 e. The molecule has 0 spiro atoms. The molecule has 3 saturated carbocycles. The van der Waals surface area contributed by atoms with Crippen molar-refractivity contribution in [1.29, 1.82) is 0 Å². The molecule has 3 fully saturated rings. The first-order valence-electron chi connectivity index (χ1n) is 10.5. The molecular weight excluding hydrogens is 312 g/mol. The number of rotatable bonds is 3. The Morgan fingerprint density at radius 1 is 1.12 bits per heavy atom. The molecule has 3 rings (SSSR count). The molecule has 142 valence electrons. The minimum Gasteiger partial charge on any atom is -0.445 e. The van der Waals surface area contributed by atoms with Gasteiger partial charge in [-0.1, -0.05) is 46.5 Å². The van der Waals surface area contributed by atoms with Crippen LogP contribution in [0.1, 0.15) is 85.0 Å². The first-order valence-corrected chi connectivity index (χ1v) is 10.5. The van der Waals surface area contributed by atoms with E-state index in [-0.39, 0.29) is 12.2 Å². The molecule has 0 bridgehead atoms. The van der Waals surface area contributed by atoms with E-state index in [0.29, 0.717) is 17.8 Å². The van der Waals surface area contributed by atoms with Crippen LogP contribution >= 0.6 is 0 Å². The summed E-state index contributed by atoms with van der Waals surface area (Å²) in [5.41, 5.74) is 3.86. The fourth-order valence-electron chi connectivity index (χ4n) is 5.33. The lowest BCUT2D eigenvalue weighted by atomic mass is 9.70. The number of hydrazone groups is 1. The highest BCUT2D eigenvalue weighted by Gasteiger charge is 2.34. The minimum absolute atomic E-state index is 0.0398. The van der Waals surface area contributed by atoms with E-state index >= 15 is 0 Å². The fraction of sp³-hybridized carbons (Fsp3) is 0.905. The number of carbonyl (C=O) groups is 1. The Kier molecular flexibility index (Phi) is 6.40. The van der Waals surface area contributed by atoms with Gasteiger partial charge < -0.3 is 4.74 Å². The van der Waals surface area contributed by atoms with Gasteiger partial charge in [0.15, 0.2) is 0 Å². The molecule has 0 saturated heterocycles. The van der Waals surface area contributed by atoms with E-state index in [9.17, 15) is 4.79 Å². The van der Waals surface area contributed by atoms with Crippen molar-refractivity contribution in [3.63, 3.8) is 0 Å². The quantitative estimate of drug-likeness (QED) is 0.683. The summed E-state index contributed by atoms with van der Waals surface area (Å²) < 4.78 is 5.78. The van der Waals surface area contributed by atoms with Crippen LogP contribution in [-0.4, -0.2) is 17.9 Å². The van der Waals surface area contributed by atoms with E-state index in [1.807, 2.05) is 0 Å². The van der Waals surface area contributed by atoms with E-state index < -0.39 is 0 Å². The van der Waals surface area contributed by atoms with Gasteiger partial charge in [-0.05, 0) is 68.1 Å². The van der Waals surface area contributed by atoms with Gasteiger partial charge in [0.1, 0.15) is 6.10 Å². The van der Waals surface area contributed by atoms with Crippen LogP contribution in [0.3, 0.4) is 0 Å². The number of carbonyl (C=O) groups excluding carboxylic acids is 1. The minimum atomic E-state index is -0.358. The molecular formula is C21H36N2O2. The summed E-state index contributed by atoms with van der Waals surface area (Å²) in [6.07, 6.45) is 11.9. The second-order valence-electron chi connectivity index (χ2n) is 9.11. The summed E-state index contributed by atoms with van der Waals surface area (Å²) in [7, 11) is 0. The monoisotopic (exact) mass is 348 g/mol.